The summed E-state index contributed by atoms with van der Waals surface area (Å²) in [6.45, 7) is 14.3. The fourth-order valence-corrected chi connectivity index (χ4v) is 9.61. The van der Waals surface area contributed by atoms with E-state index in [2.05, 4.69) is 82.5 Å². The molecule has 6 rings (SSSR count). The minimum absolute atomic E-state index is 0.0847. The first kappa shape index (κ1) is 28.0. The Kier molecular flexibility index (Phi) is 6.61. The molecule has 4 fully saturated rings. The average molecular weight is 546 g/mol. The molecule has 0 aromatic rings. The van der Waals surface area contributed by atoms with Crippen molar-refractivity contribution in [2.24, 2.45) is 29.6 Å². The highest BCUT2D eigenvalue weighted by atomic mass is 16.2. The number of hydrogen-bond donors (Lipinski definition) is 0. The summed E-state index contributed by atoms with van der Waals surface area (Å²) >= 11 is 0. The number of amides is 2. The zero-order valence-electron chi connectivity index (χ0n) is 26.2. The van der Waals surface area contributed by atoms with Gasteiger partial charge in [0.1, 0.15) is 0 Å². The van der Waals surface area contributed by atoms with Crippen molar-refractivity contribution in [3.05, 3.63) is 47.1 Å². The van der Waals surface area contributed by atoms with E-state index in [0.717, 1.165) is 31.7 Å². The van der Waals surface area contributed by atoms with Gasteiger partial charge >= 0.3 is 6.03 Å². The van der Waals surface area contributed by atoms with Crippen LogP contribution >= 0.6 is 0 Å². The van der Waals surface area contributed by atoms with Crippen LogP contribution in [0.1, 0.15) is 86.5 Å². The number of carbonyl (C=O) groups excluding carboxylic acids is 2. The highest BCUT2D eigenvalue weighted by Crippen LogP contribution is 2.57. The van der Waals surface area contributed by atoms with Crippen molar-refractivity contribution in [3.63, 3.8) is 0 Å². The van der Waals surface area contributed by atoms with Gasteiger partial charge in [0.2, 0.25) is 0 Å². The van der Waals surface area contributed by atoms with Gasteiger partial charge in [0.25, 0.3) is 0 Å². The molecule has 1 saturated heterocycles. The fourth-order valence-electron chi connectivity index (χ4n) is 9.61. The van der Waals surface area contributed by atoms with Crippen molar-refractivity contribution >= 4 is 11.8 Å². The summed E-state index contributed by atoms with van der Waals surface area (Å²) in [5, 5.41) is 0. The summed E-state index contributed by atoms with van der Waals surface area (Å²) in [4.78, 5) is 33.2. The Morgan fingerprint density at radius 3 is 2.38 bits per heavy atom. The third-order valence-electron chi connectivity index (χ3n) is 13.0. The monoisotopic (exact) mass is 545 g/mol. The first-order valence-electron chi connectivity index (χ1n) is 15.9. The molecule has 0 spiro atoms. The predicted molar refractivity (Wildman–Crippen MR) is 162 cm³/mol. The Hall–Kier alpha value is -2.14. The first-order valence-corrected chi connectivity index (χ1v) is 15.9. The molecule has 0 radical (unpaired) electrons. The van der Waals surface area contributed by atoms with Gasteiger partial charge in [-0.2, -0.15) is 0 Å². The van der Waals surface area contributed by atoms with Crippen molar-refractivity contribution in [1.82, 2.24) is 14.7 Å². The molecule has 3 saturated carbocycles. The van der Waals surface area contributed by atoms with E-state index < -0.39 is 0 Å². The van der Waals surface area contributed by atoms with Crippen molar-refractivity contribution < 1.29 is 9.59 Å². The molecule has 0 aromatic heterocycles. The fraction of sp³-hybridized carbons (Fsp3) is 0.714. The van der Waals surface area contributed by atoms with E-state index in [9.17, 15) is 9.59 Å². The molecule has 40 heavy (non-hydrogen) atoms. The Morgan fingerprint density at radius 2 is 1.62 bits per heavy atom. The number of piperazine rings is 1. The van der Waals surface area contributed by atoms with E-state index >= 15 is 0 Å². The van der Waals surface area contributed by atoms with Gasteiger partial charge in [0.05, 0.1) is 5.54 Å². The van der Waals surface area contributed by atoms with Crippen LogP contribution in [-0.4, -0.2) is 69.8 Å². The van der Waals surface area contributed by atoms with Crippen molar-refractivity contribution in [3.8, 4) is 0 Å². The highest BCUT2D eigenvalue weighted by Gasteiger charge is 2.56. The number of rotatable bonds is 1. The van der Waals surface area contributed by atoms with E-state index in [4.69, 9.17) is 0 Å². The van der Waals surface area contributed by atoms with Gasteiger partial charge in [0, 0.05) is 36.6 Å². The van der Waals surface area contributed by atoms with Gasteiger partial charge in [-0.3, -0.25) is 9.69 Å². The molecule has 5 aliphatic carbocycles. The van der Waals surface area contributed by atoms with Gasteiger partial charge < -0.3 is 9.80 Å². The lowest BCUT2D eigenvalue weighted by Crippen LogP contribution is -2.78. The summed E-state index contributed by atoms with van der Waals surface area (Å²) in [5.41, 5.74) is 3.57. The van der Waals surface area contributed by atoms with Gasteiger partial charge in [-0.05, 0) is 141 Å². The summed E-state index contributed by atoms with van der Waals surface area (Å²) in [6.07, 6.45) is 18.8. The van der Waals surface area contributed by atoms with E-state index in [0.29, 0.717) is 29.7 Å². The standard InChI is InChI=1S/C35H51N3O2/c1-33(2)21-38(35(5,6)34(3,4)37(33)8)32(40)36(7)24-13-9-22-11-15-26-27-16-12-23-10-14-25(39)20-31(23)29(27)18-17-28(26)30(22)19-24/h10,12,14,16,20,22,24,26,28-30H,9,11,13,15,17-19,21H2,1-8H3. The molecule has 5 heteroatoms. The number of likely N-dealkylation sites (N-methyl/N-ethyl adjacent to an activating group) is 1. The van der Waals surface area contributed by atoms with Crippen molar-refractivity contribution in [2.45, 2.75) is 109 Å². The van der Waals surface area contributed by atoms with Crippen LogP contribution < -0.4 is 0 Å². The van der Waals surface area contributed by atoms with Crippen LogP contribution in [0.3, 0.4) is 0 Å². The second kappa shape index (κ2) is 9.44. The number of urea groups is 1. The van der Waals surface area contributed by atoms with E-state index in [1.165, 1.54) is 36.8 Å². The van der Waals surface area contributed by atoms with Crippen LogP contribution in [-0.2, 0) is 4.79 Å². The van der Waals surface area contributed by atoms with E-state index in [-0.39, 0.29) is 28.4 Å². The lowest BCUT2D eigenvalue weighted by molar-refractivity contribution is -0.117. The Labute approximate surface area is 242 Å². The predicted octanol–water partition coefficient (Wildman–Crippen LogP) is 6.77. The number of nitrogens with zero attached hydrogens (tertiary/aromatic N) is 3. The van der Waals surface area contributed by atoms with Crippen LogP contribution in [0.25, 0.3) is 0 Å². The zero-order chi connectivity index (χ0) is 28.8. The summed E-state index contributed by atoms with van der Waals surface area (Å²) in [5.74, 6) is 3.37. The third kappa shape index (κ3) is 4.12. The van der Waals surface area contributed by atoms with Gasteiger partial charge in [-0.25, -0.2) is 4.79 Å². The molecule has 0 bridgehead atoms. The number of carbonyl (C=O) groups is 2. The molecule has 0 N–H and O–H groups in total. The summed E-state index contributed by atoms with van der Waals surface area (Å²) < 4.78 is 0. The highest BCUT2D eigenvalue weighted by molar-refractivity contribution is 6.02. The molecule has 0 aromatic carbocycles. The molecule has 1 aliphatic heterocycles. The number of ketones is 1. The topological polar surface area (TPSA) is 43.9 Å². The quantitative estimate of drug-likeness (QED) is 0.365. The number of fused-ring (bicyclic) bond motifs is 7. The molecule has 5 nitrogen and oxygen atoms in total. The maximum Gasteiger partial charge on any atom is 0.320 e. The molecule has 1 heterocycles. The van der Waals surface area contributed by atoms with Gasteiger partial charge in [-0.1, -0.05) is 23.8 Å². The van der Waals surface area contributed by atoms with E-state index in [1.807, 2.05) is 12.2 Å². The minimum atomic E-state index is -0.279. The lowest BCUT2D eigenvalue weighted by Gasteiger charge is -2.64. The van der Waals surface area contributed by atoms with Crippen LogP contribution in [0.15, 0.2) is 47.1 Å². The van der Waals surface area contributed by atoms with Crippen molar-refractivity contribution in [2.75, 3.05) is 20.6 Å². The Balaban J connectivity index is 1.21. The summed E-state index contributed by atoms with van der Waals surface area (Å²) in [6, 6.07) is 0.510. The molecule has 218 valence electrons. The normalized spacial score (nSPS) is 37.6. The first-order chi connectivity index (χ1) is 18.7. The Bertz CT molecular complexity index is 1220. The largest absolute Gasteiger partial charge is 0.325 e. The van der Waals surface area contributed by atoms with Crippen LogP contribution in [0, 0.1) is 29.6 Å². The van der Waals surface area contributed by atoms with Gasteiger partial charge in [-0.15, -0.1) is 0 Å². The van der Waals surface area contributed by atoms with E-state index in [1.54, 1.807) is 11.6 Å². The van der Waals surface area contributed by atoms with Crippen LogP contribution in [0.5, 0.6) is 0 Å². The molecule has 6 unspecified atom stereocenters. The zero-order valence-corrected chi connectivity index (χ0v) is 26.2. The maximum atomic E-state index is 14.3. The SMILES string of the molecule is CN(C(=O)N1CC(C)(C)N(C)C(C)(C)C1(C)C)C1CCC2CCC3C4=CC=C5C=CC(=O)C=C5C4CCC3C2C1. The summed E-state index contributed by atoms with van der Waals surface area (Å²) in [7, 11) is 4.29. The molecule has 2 amide bonds. The second-order valence-electron chi connectivity index (χ2n) is 15.5. The minimum Gasteiger partial charge on any atom is -0.325 e. The maximum absolute atomic E-state index is 14.3. The smallest absolute Gasteiger partial charge is 0.320 e. The average Bonchev–Trinajstić information content (AvgIpc) is 2.92. The second-order valence-corrected chi connectivity index (χ2v) is 15.5. The molecule has 6 aliphatic rings. The van der Waals surface area contributed by atoms with Crippen LogP contribution in [0.2, 0.25) is 0 Å². The van der Waals surface area contributed by atoms with Gasteiger partial charge in [0.15, 0.2) is 5.78 Å². The molecule has 6 atom stereocenters. The third-order valence-corrected chi connectivity index (χ3v) is 13.0. The number of hydrogen-bond acceptors (Lipinski definition) is 3. The van der Waals surface area contributed by atoms with Crippen molar-refractivity contribution in [1.29, 1.82) is 0 Å². The molecular formula is C35H51N3O2. The Morgan fingerprint density at radius 1 is 0.900 bits per heavy atom. The van der Waals surface area contributed by atoms with Crippen LogP contribution in [0.4, 0.5) is 4.79 Å². The molecular weight excluding hydrogens is 494 g/mol. The number of allylic oxidation sites excluding steroid dienone is 8. The lowest BCUT2D eigenvalue weighted by atomic mass is 9.53.